The standard InChI is InChI=1S/C15H11N3S2/c1-18-16-14-10(12-4-2-8-19-12)6-7-11(15(14)17-18)13-5-3-9-20-13/h2-9H,1H3. The molecule has 0 radical (unpaired) electrons. The van der Waals surface area contributed by atoms with Crippen LogP contribution in [0.1, 0.15) is 0 Å². The van der Waals surface area contributed by atoms with Crippen molar-refractivity contribution < 1.29 is 0 Å². The highest BCUT2D eigenvalue weighted by Crippen LogP contribution is 2.36. The molecule has 0 spiro atoms. The average molecular weight is 297 g/mol. The Kier molecular flexibility index (Phi) is 2.68. The van der Waals surface area contributed by atoms with Crippen molar-refractivity contribution in [1.29, 1.82) is 0 Å². The topological polar surface area (TPSA) is 30.7 Å². The van der Waals surface area contributed by atoms with E-state index in [1.807, 2.05) is 7.05 Å². The molecule has 0 aliphatic heterocycles. The van der Waals surface area contributed by atoms with Crippen LogP contribution in [0.2, 0.25) is 0 Å². The third-order valence-electron chi connectivity index (χ3n) is 3.21. The molecule has 3 aromatic heterocycles. The molecule has 98 valence electrons. The van der Waals surface area contributed by atoms with E-state index in [2.05, 4.69) is 57.4 Å². The minimum atomic E-state index is 0.973. The summed E-state index contributed by atoms with van der Waals surface area (Å²) >= 11 is 3.46. The van der Waals surface area contributed by atoms with Gasteiger partial charge in [-0.05, 0) is 22.9 Å². The van der Waals surface area contributed by atoms with Gasteiger partial charge in [0.05, 0.1) is 0 Å². The van der Waals surface area contributed by atoms with Gasteiger partial charge in [0.15, 0.2) is 0 Å². The fourth-order valence-electron chi connectivity index (χ4n) is 2.36. The summed E-state index contributed by atoms with van der Waals surface area (Å²) in [5.74, 6) is 0. The van der Waals surface area contributed by atoms with Crippen LogP contribution in [-0.2, 0) is 7.05 Å². The third kappa shape index (κ3) is 1.78. The lowest BCUT2D eigenvalue weighted by Crippen LogP contribution is -1.90. The minimum absolute atomic E-state index is 0.973. The third-order valence-corrected chi connectivity index (χ3v) is 5.02. The first-order valence-corrected chi connectivity index (χ1v) is 8.00. The van der Waals surface area contributed by atoms with Crippen molar-refractivity contribution in [2.75, 3.05) is 0 Å². The van der Waals surface area contributed by atoms with E-state index in [1.165, 1.54) is 9.75 Å². The van der Waals surface area contributed by atoms with Crippen molar-refractivity contribution in [1.82, 2.24) is 15.0 Å². The maximum atomic E-state index is 4.56. The molecule has 0 aliphatic carbocycles. The Bertz CT molecular complexity index is 787. The van der Waals surface area contributed by atoms with Gasteiger partial charge in [-0.2, -0.15) is 15.0 Å². The van der Waals surface area contributed by atoms with Crippen LogP contribution in [-0.4, -0.2) is 15.0 Å². The normalized spacial score (nSPS) is 11.2. The van der Waals surface area contributed by atoms with Gasteiger partial charge in [-0.25, -0.2) is 0 Å². The number of aryl methyl sites for hydroxylation is 1. The van der Waals surface area contributed by atoms with Crippen molar-refractivity contribution >= 4 is 33.7 Å². The Hall–Kier alpha value is -1.98. The highest BCUT2D eigenvalue weighted by molar-refractivity contribution is 7.14. The minimum Gasteiger partial charge on any atom is -0.187 e. The molecular weight excluding hydrogens is 286 g/mol. The van der Waals surface area contributed by atoms with Gasteiger partial charge in [-0.15, -0.1) is 22.7 Å². The first kappa shape index (κ1) is 11.8. The maximum absolute atomic E-state index is 4.56. The summed E-state index contributed by atoms with van der Waals surface area (Å²) in [5, 5.41) is 13.3. The van der Waals surface area contributed by atoms with Crippen LogP contribution in [0.5, 0.6) is 0 Å². The largest absolute Gasteiger partial charge is 0.187 e. The number of thiophene rings is 2. The molecule has 1 aromatic carbocycles. The van der Waals surface area contributed by atoms with Crippen LogP contribution in [0.4, 0.5) is 0 Å². The highest BCUT2D eigenvalue weighted by Gasteiger charge is 2.14. The van der Waals surface area contributed by atoms with Gasteiger partial charge < -0.3 is 0 Å². The Labute approximate surface area is 124 Å². The fourth-order valence-corrected chi connectivity index (χ4v) is 3.86. The second-order valence-corrected chi connectivity index (χ2v) is 6.40. The number of rotatable bonds is 2. The average Bonchev–Trinajstić information content (AvgIpc) is 3.18. The number of fused-ring (bicyclic) bond motifs is 1. The molecule has 4 aromatic rings. The Morgan fingerprint density at radius 3 is 1.70 bits per heavy atom. The van der Waals surface area contributed by atoms with Gasteiger partial charge >= 0.3 is 0 Å². The first-order valence-electron chi connectivity index (χ1n) is 6.25. The van der Waals surface area contributed by atoms with E-state index in [0.717, 1.165) is 22.2 Å². The van der Waals surface area contributed by atoms with Gasteiger partial charge in [0.1, 0.15) is 11.0 Å². The lowest BCUT2D eigenvalue weighted by molar-refractivity contribution is 0.665. The molecular formula is C15H11N3S2. The van der Waals surface area contributed by atoms with E-state index in [9.17, 15) is 0 Å². The molecule has 0 unspecified atom stereocenters. The summed E-state index contributed by atoms with van der Waals surface area (Å²) in [4.78, 5) is 4.11. The van der Waals surface area contributed by atoms with Crippen LogP contribution in [0.15, 0.2) is 47.2 Å². The summed E-state index contributed by atoms with van der Waals surface area (Å²) in [7, 11) is 1.87. The van der Waals surface area contributed by atoms with Crippen molar-refractivity contribution in [3.05, 3.63) is 47.2 Å². The van der Waals surface area contributed by atoms with Gasteiger partial charge in [0.2, 0.25) is 0 Å². The van der Waals surface area contributed by atoms with Crippen molar-refractivity contribution in [2.45, 2.75) is 0 Å². The molecule has 4 rings (SSSR count). The van der Waals surface area contributed by atoms with E-state index in [1.54, 1.807) is 27.5 Å². The van der Waals surface area contributed by atoms with E-state index >= 15 is 0 Å². The van der Waals surface area contributed by atoms with Crippen molar-refractivity contribution in [3.63, 3.8) is 0 Å². The van der Waals surface area contributed by atoms with Gasteiger partial charge in [-0.1, -0.05) is 24.3 Å². The van der Waals surface area contributed by atoms with Gasteiger partial charge in [0, 0.05) is 27.9 Å². The monoisotopic (exact) mass is 297 g/mol. The van der Waals surface area contributed by atoms with Gasteiger partial charge in [-0.3, -0.25) is 0 Å². The van der Waals surface area contributed by atoms with E-state index < -0.39 is 0 Å². The molecule has 0 saturated heterocycles. The summed E-state index contributed by atoms with van der Waals surface area (Å²) in [6.07, 6.45) is 0. The quantitative estimate of drug-likeness (QED) is 0.548. The molecule has 3 nitrogen and oxygen atoms in total. The summed E-state index contributed by atoms with van der Waals surface area (Å²) < 4.78 is 0. The van der Waals surface area contributed by atoms with E-state index in [4.69, 9.17) is 0 Å². The van der Waals surface area contributed by atoms with E-state index in [-0.39, 0.29) is 0 Å². The zero-order valence-electron chi connectivity index (χ0n) is 10.8. The van der Waals surface area contributed by atoms with Crippen molar-refractivity contribution in [2.24, 2.45) is 7.05 Å². The van der Waals surface area contributed by atoms with Crippen LogP contribution >= 0.6 is 22.7 Å². The summed E-state index contributed by atoms with van der Waals surface area (Å²) in [5.41, 5.74) is 4.26. The molecule has 5 heteroatoms. The smallest absolute Gasteiger partial charge is 0.122 e. The van der Waals surface area contributed by atoms with Gasteiger partial charge in [0.25, 0.3) is 0 Å². The van der Waals surface area contributed by atoms with Crippen LogP contribution in [0.25, 0.3) is 31.9 Å². The Balaban J connectivity index is 2.04. The molecule has 0 amide bonds. The predicted octanol–water partition coefficient (Wildman–Crippen LogP) is 4.43. The Morgan fingerprint density at radius 2 is 1.30 bits per heavy atom. The fraction of sp³-hybridized carbons (Fsp3) is 0.0667. The molecule has 0 saturated carbocycles. The molecule has 0 fully saturated rings. The summed E-state index contributed by atoms with van der Waals surface area (Å²) in [6, 6.07) is 12.7. The van der Waals surface area contributed by atoms with Crippen LogP contribution in [0.3, 0.4) is 0 Å². The number of hydrogen-bond donors (Lipinski definition) is 0. The van der Waals surface area contributed by atoms with Crippen LogP contribution in [0, 0.1) is 0 Å². The number of benzene rings is 1. The zero-order chi connectivity index (χ0) is 13.5. The number of nitrogens with zero attached hydrogens (tertiary/aromatic N) is 3. The molecule has 0 N–H and O–H groups in total. The van der Waals surface area contributed by atoms with Crippen LogP contribution < -0.4 is 0 Å². The molecule has 3 heterocycles. The second-order valence-electron chi connectivity index (χ2n) is 4.50. The lowest BCUT2D eigenvalue weighted by atomic mass is 10.1. The second kappa shape index (κ2) is 4.54. The highest BCUT2D eigenvalue weighted by atomic mass is 32.1. The SMILES string of the molecule is Cn1nc2c(-c3cccs3)ccc(-c3cccs3)c2n1. The summed E-state index contributed by atoms with van der Waals surface area (Å²) in [6.45, 7) is 0. The predicted molar refractivity (Wildman–Crippen MR) is 85.1 cm³/mol. The van der Waals surface area contributed by atoms with E-state index in [0.29, 0.717) is 0 Å². The number of hydrogen-bond acceptors (Lipinski definition) is 4. The molecule has 0 aliphatic rings. The molecule has 0 atom stereocenters. The molecule has 20 heavy (non-hydrogen) atoms. The van der Waals surface area contributed by atoms with Crippen molar-refractivity contribution in [3.8, 4) is 20.9 Å². The zero-order valence-corrected chi connectivity index (χ0v) is 12.4. The first-order chi connectivity index (χ1) is 9.83. The Morgan fingerprint density at radius 1 is 0.800 bits per heavy atom. The maximum Gasteiger partial charge on any atom is 0.122 e. The molecule has 0 bridgehead atoms. The lowest BCUT2D eigenvalue weighted by Gasteiger charge is -2.02. The number of aromatic nitrogens is 3.